The molecule has 17 heteroatoms. The van der Waals surface area contributed by atoms with Crippen LogP contribution in [-0.2, 0) is 21.4 Å². The monoisotopic (exact) mass is 819 g/mol. The van der Waals surface area contributed by atoms with E-state index in [1.807, 2.05) is 18.2 Å². The molecule has 0 spiro atoms. The molecule has 0 aliphatic carbocycles. The fourth-order valence-electron chi connectivity index (χ4n) is 8.68. The largest absolute Gasteiger partial charge is 0.440 e. The number of imide groups is 1. The number of halogens is 3. The average molecular weight is 820 g/mol. The summed E-state index contributed by atoms with van der Waals surface area (Å²) in [5, 5.41) is 15.4. The van der Waals surface area contributed by atoms with Gasteiger partial charge in [-0.15, -0.1) is 12.6 Å². The molecule has 4 amide bonds. The van der Waals surface area contributed by atoms with Crippen molar-refractivity contribution in [2.75, 3.05) is 42.9 Å². The molecule has 4 aliphatic rings. The Bertz CT molecular complexity index is 2280. The van der Waals surface area contributed by atoms with E-state index in [4.69, 9.17) is 22.0 Å². The fourth-order valence-corrected chi connectivity index (χ4v) is 9.17. The molecule has 3 saturated heterocycles. The highest BCUT2D eigenvalue weighted by Crippen LogP contribution is 2.44. The number of rotatable bonds is 8. The van der Waals surface area contributed by atoms with Crippen molar-refractivity contribution in [3.05, 3.63) is 82.5 Å². The minimum Gasteiger partial charge on any atom is -0.440 e. The SMILES string of the molecule is CC(C)(O)c1cc2nc(C3CCN(CC4CCN(c5cccc6c5C(=O)N(C5CCC(=O)NC5=O)C6S)CC4)CC3)oc2cc1NC(=O)c1cccc(C(F)(F)F)n1. The number of oxazole rings is 1. The second kappa shape index (κ2) is 15.3. The van der Waals surface area contributed by atoms with E-state index in [0.717, 1.165) is 81.8 Å². The summed E-state index contributed by atoms with van der Waals surface area (Å²) in [6, 6.07) is 11.3. The Labute approximate surface area is 337 Å². The van der Waals surface area contributed by atoms with Crippen LogP contribution in [0, 0.1) is 5.92 Å². The predicted molar refractivity (Wildman–Crippen MR) is 210 cm³/mol. The number of fused-ring (bicyclic) bond motifs is 2. The number of carbonyl (C=O) groups excluding carboxylic acids is 4. The molecule has 4 aliphatic heterocycles. The lowest BCUT2D eigenvalue weighted by atomic mass is 9.92. The zero-order valence-corrected chi connectivity index (χ0v) is 32.9. The molecule has 0 bridgehead atoms. The Balaban J connectivity index is 0.880. The maximum Gasteiger partial charge on any atom is 0.433 e. The zero-order valence-electron chi connectivity index (χ0n) is 32.0. The van der Waals surface area contributed by atoms with Gasteiger partial charge in [0.05, 0.1) is 16.9 Å². The van der Waals surface area contributed by atoms with Crippen molar-refractivity contribution < 1.29 is 41.9 Å². The van der Waals surface area contributed by atoms with Gasteiger partial charge in [0.15, 0.2) is 11.5 Å². The van der Waals surface area contributed by atoms with Crippen LogP contribution in [0.3, 0.4) is 0 Å². The van der Waals surface area contributed by atoms with Gasteiger partial charge in [0.2, 0.25) is 11.8 Å². The van der Waals surface area contributed by atoms with E-state index >= 15 is 0 Å². The summed E-state index contributed by atoms with van der Waals surface area (Å²) in [4.78, 5) is 65.7. The first-order chi connectivity index (χ1) is 27.5. The Morgan fingerprint density at radius 1 is 0.983 bits per heavy atom. The highest BCUT2D eigenvalue weighted by Gasteiger charge is 2.45. The molecule has 0 saturated carbocycles. The van der Waals surface area contributed by atoms with Crippen molar-refractivity contribution in [3.8, 4) is 0 Å². The lowest BCUT2D eigenvalue weighted by molar-refractivity contribution is -0.141. The lowest BCUT2D eigenvalue weighted by Gasteiger charge is -2.38. The molecule has 2 aromatic carbocycles. The maximum absolute atomic E-state index is 13.8. The number of nitrogens with one attached hydrogen (secondary N) is 2. The fraction of sp³-hybridized carbons (Fsp3) is 0.463. The van der Waals surface area contributed by atoms with Crippen LogP contribution >= 0.6 is 12.6 Å². The number of anilines is 2. The molecular weight excluding hydrogens is 776 g/mol. The number of thiol groups is 1. The highest BCUT2D eigenvalue weighted by atomic mass is 32.1. The van der Waals surface area contributed by atoms with Gasteiger partial charge in [0, 0.05) is 49.3 Å². The number of hydrogen-bond donors (Lipinski definition) is 4. The van der Waals surface area contributed by atoms with Gasteiger partial charge in [-0.25, -0.2) is 9.97 Å². The first-order valence-electron chi connectivity index (χ1n) is 19.5. The molecule has 2 unspecified atom stereocenters. The number of alkyl halides is 3. The van der Waals surface area contributed by atoms with E-state index in [-0.39, 0.29) is 36.3 Å². The Kier molecular flexibility index (Phi) is 10.5. The van der Waals surface area contributed by atoms with E-state index in [9.17, 15) is 37.5 Å². The standard InChI is InChI=1S/C41H44F3N7O6S/c1-40(2,56)25-19-28-31(20-27(25)46-35(53)26-6-4-8-32(45-26)41(42,43)44)57-37(47-28)23-13-15-49(16-14-23)21-22-11-17-50(18-12-22)29-7-3-5-24-34(29)38(55)51(39(24)58)30-9-10-33(52)48-36(30)54/h3-8,19-20,22-23,30,39,56,58H,9-18,21H2,1-2H3,(H,46,53)(H,48,52,54). The van der Waals surface area contributed by atoms with Gasteiger partial charge in [-0.2, -0.15) is 13.2 Å². The van der Waals surface area contributed by atoms with Gasteiger partial charge < -0.3 is 29.5 Å². The van der Waals surface area contributed by atoms with Crippen LogP contribution < -0.4 is 15.5 Å². The average Bonchev–Trinajstić information content (AvgIpc) is 3.72. The van der Waals surface area contributed by atoms with Crippen molar-refractivity contribution in [1.29, 1.82) is 0 Å². The summed E-state index contributed by atoms with van der Waals surface area (Å²) in [5.74, 6) is -0.815. The van der Waals surface area contributed by atoms with Crippen LogP contribution in [0.2, 0.25) is 0 Å². The number of nitrogens with zero attached hydrogens (tertiary/aromatic N) is 5. The maximum atomic E-state index is 13.8. The number of aliphatic hydroxyl groups is 1. The minimum absolute atomic E-state index is 0.0524. The second-order valence-corrected chi connectivity index (χ2v) is 16.6. The number of pyridine rings is 1. The number of aromatic nitrogens is 2. The van der Waals surface area contributed by atoms with Crippen LogP contribution in [-0.4, -0.2) is 87.3 Å². The summed E-state index contributed by atoms with van der Waals surface area (Å²) < 4.78 is 45.9. The Morgan fingerprint density at radius 2 is 1.71 bits per heavy atom. The molecule has 3 fully saturated rings. The topological polar surface area (TPSA) is 161 Å². The van der Waals surface area contributed by atoms with Crippen molar-refractivity contribution in [1.82, 2.24) is 25.1 Å². The minimum atomic E-state index is -4.71. The van der Waals surface area contributed by atoms with Crippen molar-refractivity contribution in [3.63, 3.8) is 0 Å². The summed E-state index contributed by atoms with van der Waals surface area (Å²) >= 11 is 4.75. The van der Waals surface area contributed by atoms with Gasteiger partial charge in [-0.05, 0) is 94.8 Å². The number of benzene rings is 2. The number of likely N-dealkylation sites (tertiary alicyclic amines) is 1. The van der Waals surface area contributed by atoms with E-state index in [0.29, 0.717) is 34.0 Å². The van der Waals surface area contributed by atoms with Crippen molar-refractivity contribution in [2.45, 2.75) is 81.5 Å². The molecule has 3 N–H and O–H groups in total. The van der Waals surface area contributed by atoms with E-state index in [1.165, 1.54) is 30.9 Å². The van der Waals surface area contributed by atoms with Crippen LogP contribution in [0.1, 0.15) is 107 Å². The van der Waals surface area contributed by atoms with Crippen LogP contribution in [0.5, 0.6) is 0 Å². The van der Waals surface area contributed by atoms with Gasteiger partial charge in [-0.3, -0.25) is 24.5 Å². The zero-order chi connectivity index (χ0) is 41.1. The highest BCUT2D eigenvalue weighted by molar-refractivity contribution is 7.80. The number of hydrogen-bond acceptors (Lipinski definition) is 11. The second-order valence-electron chi connectivity index (χ2n) is 16.1. The van der Waals surface area contributed by atoms with Crippen LogP contribution in [0.4, 0.5) is 24.5 Å². The van der Waals surface area contributed by atoms with Crippen LogP contribution in [0.25, 0.3) is 11.1 Å². The molecule has 6 heterocycles. The third-order valence-corrected chi connectivity index (χ3v) is 12.3. The Hall–Kier alpha value is -5.00. The quantitative estimate of drug-likeness (QED) is 0.123. The molecule has 2 aromatic heterocycles. The van der Waals surface area contributed by atoms with E-state index < -0.39 is 46.4 Å². The predicted octanol–water partition coefficient (Wildman–Crippen LogP) is 6.01. The third-order valence-electron chi connectivity index (χ3n) is 11.7. The number of carbonyl (C=O) groups is 4. The number of piperidine rings is 3. The number of amides is 4. The molecule has 8 rings (SSSR count). The van der Waals surface area contributed by atoms with Crippen molar-refractivity contribution in [2.24, 2.45) is 5.92 Å². The van der Waals surface area contributed by atoms with Gasteiger partial charge >= 0.3 is 6.18 Å². The van der Waals surface area contributed by atoms with Gasteiger partial charge in [0.25, 0.3) is 11.8 Å². The summed E-state index contributed by atoms with van der Waals surface area (Å²) in [6.45, 7) is 7.30. The lowest BCUT2D eigenvalue weighted by Crippen LogP contribution is -2.53. The Morgan fingerprint density at radius 3 is 2.40 bits per heavy atom. The van der Waals surface area contributed by atoms with E-state index in [1.54, 1.807) is 6.07 Å². The molecule has 13 nitrogen and oxygen atoms in total. The third kappa shape index (κ3) is 7.78. The van der Waals surface area contributed by atoms with Crippen molar-refractivity contribution >= 4 is 58.7 Å². The molecule has 4 aromatic rings. The summed E-state index contributed by atoms with van der Waals surface area (Å²) in [6.07, 6.45) is -0.710. The summed E-state index contributed by atoms with van der Waals surface area (Å²) in [5.41, 5.74) is 0.550. The first kappa shape index (κ1) is 39.8. The molecule has 0 radical (unpaired) electrons. The van der Waals surface area contributed by atoms with Gasteiger partial charge in [0.1, 0.15) is 28.3 Å². The summed E-state index contributed by atoms with van der Waals surface area (Å²) in [7, 11) is 0. The smallest absolute Gasteiger partial charge is 0.433 e. The first-order valence-corrected chi connectivity index (χ1v) is 20.0. The molecular formula is C41H44F3N7O6S. The van der Waals surface area contributed by atoms with Gasteiger partial charge in [-0.1, -0.05) is 18.2 Å². The molecule has 58 heavy (non-hydrogen) atoms. The molecule has 306 valence electrons. The normalized spacial score (nSPS) is 21.5. The van der Waals surface area contributed by atoms with E-state index in [2.05, 4.69) is 25.4 Å². The molecule has 2 atom stereocenters. The van der Waals surface area contributed by atoms with Crippen LogP contribution in [0.15, 0.2) is 52.9 Å².